The predicted molar refractivity (Wildman–Crippen MR) is 113 cm³/mol. The zero-order valence-corrected chi connectivity index (χ0v) is 17.4. The first-order valence-corrected chi connectivity index (χ1v) is 10.8. The summed E-state index contributed by atoms with van der Waals surface area (Å²) in [6, 6.07) is 12.0. The molecule has 2 atom stereocenters. The second kappa shape index (κ2) is 8.00. The fourth-order valence-electron chi connectivity index (χ4n) is 4.71. The summed E-state index contributed by atoms with van der Waals surface area (Å²) in [7, 11) is 0. The van der Waals surface area contributed by atoms with E-state index in [4.69, 9.17) is 16.3 Å². The molecule has 3 fully saturated rings. The number of pyridine rings is 1. The highest BCUT2D eigenvalue weighted by Gasteiger charge is 2.40. The Morgan fingerprint density at radius 3 is 2.67 bits per heavy atom. The van der Waals surface area contributed by atoms with E-state index >= 15 is 0 Å². The molecule has 0 radical (unpaired) electrons. The maximum absolute atomic E-state index is 12.9. The van der Waals surface area contributed by atoms with Crippen LogP contribution in [0.3, 0.4) is 0 Å². The summed E-state index contributed by atoms with van der Waals surface area (Å²) in [5, 5.41) is 0.638. The van der Waals surface area contributed by atoms with E-state index in [1.807, 2.05) is 34.1 Å². The highest BCUT2D eigenvalue weighted by atomic mass is 35.5. The van der Waals surface area contributed by atoms with Gasteiger partial charge in [-0.3, -0.25) is 9.78 Å². The average molecular weight is 426 g/mol. The number of Topliss-reactive ketones (excluding diaryl/α,β-unsaturated/α-hetero) is 1. The largest absolute Gasteiger partial charge is 0.370 e. The molecule has 5 rings (SSSR count). The van der Waals surface area contributed by atoms with Crippen LogP contribution in [0.2, 0.25) is 5.02 Å². The first kappa shape index (κ1) is 19.5. The van der Waals surface area contributed by atoms with Crippen molar-refractivity contribution in [2.75, 3.05) is 32.8 Å². The summed E-state index contributed by atoms with van der Waals surface area (Å²) in [6.07, 6.45) is 3.22. The molecule has 7 heteroatoms. The van der Waals surface area contributed by atoms with Gasteiger partial charge in [-0.15, -0.1) is 0 Å². The third-order valence-corrected chi connectivity index (χ3v) is 6.75. The van der Waals surface area contributed by atoms with Gasteiger partial charge in [-0.2, -0.15) is 0 Å². The molecule has 0 aliphatic carbocycles. The molecule has 0 N–H and O–H groups in total. The number of hydrogen-bond donors (Lipinski definition) is 0. The van der Waals surface area contributed by atoms with Crippen LogP contribution in [0.5, 0.6) is 0 Å². The van der Waals surface area contributed by atoms with Gasteiger partial charge >= 0.3 is 6.03 Å². The van der Waals surface area contributed by atoms with Crippen LogP contribution >= 0.6 is 11.6 Å². The second-order valence-electron chi connectivity index (χ2n) is 8.43. The molecule has 0 unspecified atom stereocenters. The minimum Gasteiger partial charge on any atom is -0.370 e. The van der Waals surface area contributed by atoms with E-state index in [1.165, 1.54) is 5.56 Å². The van der Waals surface area contributed by atoms with E-state index in [9.17, 15) is 9.59 Å². The fourth-order valence-corrected chi connectivity index (χ4v) is 4.94. The van der Waals surface area contributed by atoms with Gasteiger partial charge < -0.3 is 14.5 Å². The quantitative estimate of drug-likeness (QED) is 0.737. The first-order valence-electron chi connectivity index (χ1n) is 10.5. The van der Waals surface area contributed by atoms with Crippen LogP contribution in [0.25, 0.3) is 11.3 Å². The summed E-state index contributed by atoms with van der Waals surface area (Å²) in [5.74, 6) is 0.635. The molecule has 156 valence electrons. The van der Waals surface area contributed by atoms with Crippen LogP contribution < -0.4 is 0 Å². The van der Waals surface area contributed by atoms with Crippen molar-refractivity contribution in [2.24, 2.45) is 5.92 Å². The zero-order chi connectivity index (χ0) is 20.7. The number of aromatic nitrogens is 1. The van der Waals surface area contributed by atoms with Gasteiger partial charge in [0.15, 0.2) is 5.78 Å². The number of fused-ring (bicyclic) bond motifs is 1. The lowest BCUT2D eigenvalue weighted by Crippen LogP contribution is -2.58. The van der Waals surface area contributed by atoms with Crippen molar-refractivity contribution in [3.63, 3.8) is 0 Å². The number of likely N-dealkylation sites (tertiary alicyclic amines) is 2. The van der Waals surface area contributed by atoms with Crippen molar-refractivity contribution in [2.45, 2.75) is 24.9 Å². The summed E-state index contributed by atoms with van der Waals surface area (Å²) >= 11 is 6.24. The molecule has 6 nitrogen and oxygen atoms in total. The molecular formula is C23H24ClN3O3. The number of nitrogens with zero attached hydrogens (tertiary/aromatic N) is 3. The number of halogens is 1. The molecule has 4 heterocycles. The predicted octanol–water partition coefficient (Wildman–Crippen LogP) is 3.60. The summed E-state index contributed by atoms with van der Waals surface area (Å²) < 4.78 is 5.63. The Labute approximate surface area is 180 Å². The number of carbonyl (C=O) groups excluding carboxylic acids is 2. The van der Waals surface area contributed by atoms with Crippen LogP contribution in [-0.2, 0) is 9.53 Å². The number of ether oxygens (including phenoxy) is 1. The van der Waals surface area contributed by atoms with Gasteiger partial charge in [0.25, 0.3) is 0 Å². The number of amides is 2. The van der Waals surface area contributed by atoms with E-state index in [0.29, 0.717) is 30.5 Å². The average Bonchev–Trinajstić information content (AvgIpc) is 2.73. The molecule has 2 aromatic rings. The van der Waals surface area contributed by atoms with Crippen LogP contribution in [0.1, 0.15) is 24.3 Å². The summed E-state index contributed by atoms with van der Waals surface area (Å²) in [6.45, 7) is 3.00. The van der Waals surface area contributed by atoms with E-state index < -0.39 is 0 Å². The molecule has 3 saturated heterocycles. The SMILES string of the molecule is O=C1CO[C@H]2CCN(C(=O)N3CC(c4ccc(-c5ncccc5Cl)cc4)C3)C[C@H]2C1. The number of rotatable bonds is 2. The minimum atomic E-state index is 0.0830. The molecule has 0 bridgehead atoms. The highest BCUT2D eigenvalue weighted by molar-refractivity contribution is 6.33. The van der Waals surface area contributed by atoms with Crippen molar-refractivity contribution < 1.29 is 14.3 Å². The Kier molecular flexibility index (Phi) is 5.21. The Hall–Kier alpha value is -2.44. The Balaban J connectivity index is 1.18. The molecule has 2 amide bonds. The summed E-state index contributed by atoms with van der Waals surface area (Å²) in [4.78, 5) is 32.7. The molecule has 0 spiro atoms. The van der Waals surface area contributed by atoms with E-state index in [1.54, 1.807) is 6.20 Å². The van der Waals surface area contributed by atoms with Gasteiger partial charge in [-0.05, 0) is 24.1 Å². The van der Waals surface area contributed by atoms with Crippen LogP contribution in [0.15, 0.2) is 42.6 Å². The van der Waals surface area contributed by atoms with Gasteiger partial charge in [-0.1, -0.05) is 35.9 Å². The van der Waals surface area contributed by atoms with E-state index in [-0.39, 0.29) is 30.4 Å². The Morgan fingerprint density at radius 2 is 1.90 bits per heavy atom. The lowest BCUT2D eigenvalue weighted by Gasteiger charge is -2.46. The number of carbonyl (C=O) groups is 2. The van der Waals surface area contributed by atoms with Crippen LogP contribution in [0, 0.1) is 5.92 Å². The number of ketones is 1. The maximum Gasteiger partial charge on any atom is 0.320 e. The zero-order valence-electron chi connectivity index (χ0n) is 16.7. The van der Waals surface area contributed by atoms with Crippen molar-refractivity contribution in [3.8, 4) is 11.3 Å². The van der Waals surface area contributed by atoms with Crippen molar-refractivity contribution in [1.82, 2.24) is 14.8 Å². The smallest absolute Gasteiger partial charge is 0.320 e. The molecule has 1 aromatic heterocycles. The molecule has 1 aromatic carbocycles. The number of hydrogen-bond acceptors (Lipinski definition) is 4. The van der Waals surface area contributed by atoms with Crippen molar-refractivity contribution in [1.29, 1.82) is 0 Å². The third-order valence-electron chi connectivity index (χ3n) is 6.45. The van der Waals surface area contributed by atoms with Gasteiger partial charge in [-0.25, -0.2) is 4.79 Å². The number of benzene rings is 1. The normalized spacial score (nSPS) is 24.4. The second-order valence-corrected chi connectivity index (χ2v) is 8.83. The lowest BCUT2D eigenvalue weighted by molar-refractivity contribution is -0.140. The van der Waals surface area contributed by atoms with Gasteiger partial charge in [0.2, 0.25) is 0 Å². The lowest BCUT2D eigenvalue weighted by atomic mass is 9.87. The molecule has 0 saturated carbocycles. The summed E-state index contributed by atoms with van der Waals surface area (Å²) in [5.41, 5.74) is 2.99. The number of urea groups is 1. The molecule has 3 aliphatic rings. The van der Waals surface area contributed by atoms with E-state index in [2.05, 4.69) is 17.1 Å². The highest BCUT2D eigenvalue weighted by Crippen LogP contribution is 2.33. The maximum atomic E-state index is 12.9. The Bertz CT molecular complexity index is 958. The van der Waals surface area contributed by atoms with Crippen molar-refractivity contribution in [3.05, 3.63) is 53.2 Å². The standard InChI is InChI=1S/C23H24ClN3O3/c24-20-2-1-8-25-22(20)16-5-3-15(4-6-16)18-12-27(13-18)23(29)26-9-7-21-17(11-26)10-19(28)14-30-21/h1-6,8,17-18,21H,7,9-14H2/t17-,21+/m1/s1. The van der Waals surface area contributed by atoms with Crippen molar-refractivity contribution >= 4 is 23.4 Å². The molecule has 3 aliphatic heterocycles. The van der Waals surface area contributed by atoms with Crippen LogP contribution in [-0.4, -0.2) is 65.5 Å². The Morgan fingerprint density at radius 1 is 1.10 bits per heavy atom. The topological polar surface area (TPSA) is 62.7 Å². The monoisotopic (exact) mass is 425 g/mol. The minimum absolute atomic E-state index is 0.0830. The van der Waals surface area contributed by atoms with Gasteiger partial charge in [0, 0.05) is 56.2 Å². The molecule has 30 heavy (non-hydrogen) atoms. The fraction of sp³-hybridized carbons (Fsp3) is 0.435. The van der Waals surface area contributed by atoms with Crippen LogP contribution in [0.4, 0.5) is 4.79 Å². The third kappa shape index (κ3) is 3.70. The van der Waals surface area contributed by atoms with Gasteiger partial charge in [0.05, 0.1) is 16.8 Å². The molecular weight excluding hydrogens is 402 g/mol. The number of piperidine rings is 1. The first-order chi connectivity index (χ1) is 14.6. The van der Waals surface area contributed by atoms with E-state index in [0.717, 1.165) is 30.8 Å². The van der Waals surface area contributed by atoms with Gasteiger partial charge in [0.1, 0.15) is 6.61 Å².